The van der Waals surface area contributed by atoms with Crippen molar-refractivity contribution >= 4 is 27.1 Å². The Morgan fingerprint density at radius 3 is 2.38 bits per heavy atom. The van der Waals surface area contributed by atoms with Crippen molar-refractivity contribution in [1.82, 2.24) is 4.90 Å². The molecule has 1 aliphatic heterocycles. The first-order chi connectivity index (χ1) is 11.2. The number of hydrogen-bond donors (Lipinski definition) is 0. The fraction of sp³-hybridized carbons (Fsp3) is 0.400. The molecule has 0 radical (unpaired) electrons. The average molecular weight is 353 g/mol. The smallest absolute Gasteiger partial charge is 0.293 e. The topological polar surface area (TPSA) is 101 Å². The number of amides is 1. The maximum atomic E-state index is 11.8. The van der Waals surface area contributed by atoms with E-state index in [1.165, 1.54) is 18.2 Å². The normalized spacial score (nSPS) is 15.8. The zero-order valence-electron chi connectivity index (χ0n) is 13.5. The molecule has 1 heterocycles. The Labute approximate surface area is 140 Å². The minimum atomic E-state index is -3.52. The van der Waals surface area contributed by atoms with E-state index in [1.807, 2.05) is 0 Å². The van der Waals surface area contributed by atoms with Gasteiger partial charge in [0.1, 0.15) is 5.69 Å². The number of rotatable bonds is 4. The Hall–Kier alpha value is -2.42. The van der Waals surface area contributed by atoms with Crippen LogP contribution in [0.25, 0.3) is 0 Å². The Morgan fingerprint density at radius 1 is 1.25 bits per heavy atom. The van der Waals surface area contributed by atoms with Crippen LogP contribution in [-0.4, -0.2) is 56.6 Å². The van der Waals surface area contributed by atoms with E-state index in [-0.39, 0.29) is 16.5 Å². The van der Waals surface area contributed by atoms with Gasteiger partial charge in [0.05, 0.1) is 9.82 Å². The molecule has 1 saturated heterocycles. The highest BCUT2D eigenvalue weighted by Crippen LogP contribution is 2.31. The number of anilines is 1. The number of benzene rings is 1. The van der Waals surface area contributed by atoms with Crippen LogP contribution in [0.4, 0.5) is 11.4 Å². The number of hydrogen-bond acceptors (Lipinski definition) is 6. The summed E-state index contributed by atoms with van der Waals surface area (Å²) in [5.74, 6) is -0.0842. The van der Waals surface area contributed by atoms with E-state index in [0.29, 0.717) is 31.9 Å². The van der Waals surface area contributed by atoms with Crippen LogP contribution < -0.4 is 4.90 Å². The van der Waals surface area contributed by atoms with Gasteiger partial charge in [-0.05, 0) is 25.1 Å². The number of carbonyl (C=O) groups excluding carboxylic acids is 1. The van der Waals surface area contributed by atoms with Crippen LogP contribution in [-0.2, 0) is 14.6 Å². The number of piperazine rings is 1. The third-order valence-electron chi connectivity index (χ3n) is 3.81. The van der Waals surface area contributed by atoms with Crippen LogP contribution in [0, 0.1) is 10.1 Å². The molecule has 9 heteroatoms. The van der Waals surface area contributed by atoms with Crippen molar-refractivity contribution in [2.75, 3.05) is 37.3 Å². The van der Waals surface area contributed by atoms with Crippen LogP contribution in [0.5, 0.6) is 0 Å². The first-order valence-corrected chi connectivity index (χ1v) is 9.28. The quantitative estimate of drug-likeness (QED) is 0.458. The molecule has 0 N–H and O–H groups in total. The highest BCUT2D eigenvalue weighted by molar-refractivity contribution is 7.90. The molecule has 0 aliphatic carbocycles. The lowest BCUT2D eigenvalue weighted by Crippen LogP contribution is -2.48. The Morgan fingerprint density at radius 2 is 1.88 bits per heavy atom. The summed E-state index contributed by atoms with van der Waals surface area (Å²) in [5.41, 5.74) is 0.122. The van der Waals surface area contributed by atoms with Crippen molar-refractivity contribution in [1.29, 1.82) is 0 Å². The van der Waals surface area contributed by atoms with Crippen molar-refractivity contribution in [2.45, 2.75) is 11.8 Å². The van der Waals surface area contributed by atoms with E-state index in [2.05, 4.69) is 0 Å². The second-order valence-corrected chi connectivity index (χ2v) is 7.51. The standard InChI is InChI=1S/C15H19N3O5S/c1-3-4-15(19)17-9-7-16(8-10-17)13-6-5-12(24(2,22)23)11-14(13)18(20)21/h3-6,11H,7-10H2,1-2H3/b4-3+. The molecule has 2 rings (SSSR count). The van der Waals surface area contributed by atoms with Crippen molar-refractivity contribution in [3.63, 3.8) is 0 Å². The van der Waals surface area contributed by atoms with Crippen LogP contribution in [0.15, 0.2) is 35.2 Å². The second-order valence-electron chi connectivity index (χ2n) is 5.49. The van der Waals surface area contributed by atoms with Crippen molar-refractivity contribution in [3.8, 4) is 0 Å². The van der Waals surface area contributed by atoms with E-state index >= 15 is 0 Å². The molecule has 24 heavy (non-hydrogen) atoms. The highest BCUT2D eigenvalue weighted by Gasteiger charge is 2.26. The Bertz CT molecular complexity index is 780. The molecule has 1 aromatic carbocycles. The number of allylic oxidation sites excluding steroid dienone is 1. The van der Waals surface area contributed by atoms with E-state index < -0.39 is 14.8 Å². The number of carbonyl (C=O) groups is 1. The summed E-state index contributed by atoms with van der Waals surface area (Å²) < 4.78 is 23.2. The SMILES string of the molecule is C/C=C/C(=O)N1CCN(c2ccc(S(C)(=O)=O)cc2[N+](=O)[O-])CC1. The highest BCUT2D eigenvalue weighted by atomic mass is 32.2. The van der Waals surface area contributed by atoms with Gasteiger partial charge >= 0.3 is 0 Å². The summed E-state index contributed by atoms with van der Waals surface area (Å²) in [5, 5.41) is 11.3. The van der Waals surface area contributed by atoms with Gasteiger partial charge in [-0.25, -0.2) is 8.42 Å². The zero-order valence-corrected chi connectivity index (χ0v) is 14.3. The van der Waals surface area contributed by atoms with Crippen LogP contribution in [0.1, 0.15) is 6.92 Å². The average Bonchev–Trinajstić information content (AvgIpc) is 2.53. The largest absolute Gasteiger partial charge is 0.362 e. The summed E-state index contributed by atoms with van der Waals surface area (Å²) >= 11 is 0. The summed E-state index contributed by atoms with van der Waals surface area (Å²) in [6.07, 6.45) is 4.17. The summed E-state index contributed by atoms with van der Waals surface area (Å²) in [4.78, 5) is 25.9. The number of nitrogens with zero attached hydrogens (tertiary/aromatic N) is 3. The summed E-state index contributed by atoms with van der Waals surface area (Å²) in [6, 6.07) is 3.91. The molecule has 1 fully saturated rings. The predicted molar refractivity (Wildman–Crippen MR) is 89.8 cm³/mol. The molecule has 1 aliphatic rings. The van der Waals surface area contributed by atoms with Gasteiger partial charge in [0, 0.05) is 38.5 Å². The third-order valence-corrected chi connectivity index (χ3v) is 4.92. The molecular formula is C15H19N3O5S. The molecule has 1 amide bonds. The van der Waals surface area contributed by atoms with E-state index in [4.69, 9.17) is 0 Å². The molecule has 0 saturated carbocycles. The van der Waals surface area contributed by atoms with Gasteiger partial charge in [-0.1, -0.05) is 6.08 Å². The zero-order chi connectivity index (χ0) is 17.9. The third kappa shape index (κ3) is 3.91. The molecule has 0 unspecified atom stereocenters. The monoisotopic (exact) mass is 353 g/mol. The maximum absolute atomic E-state index is 11.8. The van der Waals surface area contributed by atoms with Crippen LogP contribution in [0.3, 0.4) is 0 Å². The van der Waals surface area contributed by atoms with Crippen molar-refractivity contribution in [3.05, 3.63) is 40.5 Å². The van der Waals surface area contributed by atoms with Gasteiger partial charge in [0.2, 0.25) is 5.91 Å². The Balaban J connectivity index is 2.24. The lowest BCUT2D eigenvalue weighted by atomic mass is 10.2. The molecule has 0 bridgehead atoms. The maximum Gasteiger partial charge on any atom is 0.293 e. The molecule has 0 atom stereocenters. The second kappa shape index (κ2) is 7.00. The summed E-state index contributed by atoms with van der Waals surface area (Å²) in [7, 11) is -3.52. The molecule has 130 valence electrons. The number of nitro groups is 1. The lowest BCUT2D eigenvalue weighted by Gasteiger charge is -2.35. The number of nitro benzene ring substituents is 1. The minimum Gasteiger partial charge on any atom is -0.362 e. The fourth-order valence-electron chi connectivity index (χ4n) is 2.56. The molecule has 0 aromatic heterocycles. The Kier molecular flexibility index (Phi) is 5.23. The molecule has 0 spiro atoms. The van der Waals surface area contributed by atoms with Crippen molar-refractivity contribution < 1.29 is 18.1 Å². The first kappa shape index (κ1) is 17.9. The molecule has 1 aromatic rings. The van der Waals surface area contributed by atoms with Crippen LogP contribution in [0.2, 0.25) is 0 Å². The molecular weight excluding hydrogens is 334 g/mol. The van der Waals surface area contributed by atoms with Gasteiger partial charge in [-0.2, -0.15) is 0 Å². The van der Waals surface area contributed by atoms with E-state index in [0.717, 1.165) is 12.3 Å². The minimum absolute atomic E-state index is 0.0835. The van der Waals surface area contributed by atoms with E-state index in [9.17, 15) is 23.3 Å². The van der Waals surface area contributed by atoms with Gasteiger partial charge < -0.3 is 9.80 Å². The van der Waals surface area contributed by atoms with Gasteiger partial charge in [0.25, 0.3) is 5.69 Å². The fourth-order valence-corrected chi connectivity index (χ4v) is 3.20. The van der Waals surface area contributed by atoms with Gasteiger partial charge in [-0.3, -0.25) is 14.9 Å². The molecule has 8 nitrogen and oxygen atoms in total. The van der Waals surface area contributed by atoms with Gasteiger partial charge in [-0.15, -0.1) is 0 Å². The van der Waals surface area contributed by atoms with Gasteiger partial charge in [0.15, 0.2) is 9.84 Å². The first-order valence-electron chi connectivity index (χ1n) is 7.39. The van der Waals surface area contributed by atoms with Crippen molar-refractivity contribution in [2.24, 2.45) is 0 Å². The lowest BCUT2D eigenvalue weighted by molar-refractivity contribution is -0.384. The van der Waals surface area contributed by atoms with E-state index in [1.54, 1.807) is 22.8 Å². The van der Waals surface area contributed by atoms with Crippen LogP contribution >= 0.6 is 0 Å². The predicted octanol–water partition coefficient (Wildman–Crippen LogP) is 1.22. The number of sulfone groups is 1. The summed E-state index contributed by atoms with van der Waals surface area (Å²) in [6.45, 7) is 3.56.